The lowest BCUT2D eigenvalue weighted by molar-refractivity contribution is -0.253. The molecule has 0 spiro atoms. The average Bonchev–Trinajstić information content (AvgIpc) is 3.12. The first-order chi connectivity index (χ1) is 23.0. The van der Waals surface area contributed by atoms with Crippen molar-refractivity contribution in [1.82, 2.24) is 15.7 Å². The van der Waals surface area contributed by atoms with Crippen LogP contribution in [0.1, 0.15) is 79.6 Å². The second kappa shape index (κ2) is 18.1. The molecule has 5 rings (SSSR count). The summed E-state index contributed by atoms with van der Waals surface area (Å²) in [5, 5.41) is 21.1. The smallest absolute Gasteiger partial charge is 0.243 e. The second-order valence-electron chi connectivity index (χ2n) is 12.3. The second-order valence-corrected chi connectivity index (χ2v) is 12.3. The molecule has 2 amide bonds. The standard InChI is InChI=1S/C37H47N3O7/c41-26-27-13-15-29(16-14-27)34-23-33(25-40-17-19-45-20-18-40)46-37(47-34)32-10-6-9-31(22-32)30-8-5-7-28(21-30)24-38-35(42)11-3-1-2-4-12-36(43)39-44/h5-10,13-16,21-22,33-34,37,41,44H,1-4,11-12,17-20,23-26H2,(H,38,42)(H,39,43)/t33-,34+,37+/m1/s1. The molecular weight excluding hydrogens is 598 g/mol. The van der Waals surface area contributed by atoms with Crippen LogP contribution in [0.5, 0.6) is 0 Å². The predicted molar refractivity (Wildman–Crippen MR) is 177 cm³/mol. The number of aliphatic hydroxyl groups is 1. The highest BCUT2D eigenvalue weighted by atomic mass is 16.7. The Morgan fingerprint density at radius 2 is 1.49 bits per heavy atom. The Kier molecular flexibility index (Phi) is 13.3. The number of carbonyl (C=O) groups is 2. The van der Waals surface area contributed by atoms with Gasteiger partial charge < -0.3 is 24.6 Å². The van der Waals surface area contributed by atoms with Gasteiger partial charge in [0.25, 0.3) is 0 Å². The number of rotatable bonds is 15. The topological polar surface area (TPSA) is 130 Å². The molecule has 10 nitrogen and oxygen atoms in total. The third-order valence-electron chi connectivity index (χ3n) is 8.77. The summed E-state index contributed by atoms with van der Waals surface area (Å²) in [6.45, 7) is 4.51. The maximum atomic E-state index is 12.4. The average molecular weight is 646 g/mol. The zero-order valence-corrected chi connectivity index (χ0v) is 26.9. The Morgan fingerprint density at radius 1 is 0.787 bits per heavy atom. The molecular formula is C37H47N3O7. The summed E-state index contributed by atoms with van der Waals surface area (Å²) in [4.78, 5) is 25.9. The Morgan fingerprint density at radius 3 is 2.21 bits per heavy atom. The molecule has 2 saturated heterocycles. The molecule has 2 aliphatic heterocycles. The summed E-state index contributed by atoms with van der Waals surface area (Å²) in [6, 6.07) is 24.4. The number of amides is 2. The van der Waals surface area contributed by atoms with Crippen molar-refractivity contribution in [2.75, 3.05) is 32.8 Å². The van der Waals surface area contributed by atoms with Gasteiger partial charge in [0.05, 0.1) is 32.0 Å². The number of ether oxygens (including phenoxy) is 3. The number of aliphatic hydroxyl groups excluding tert-OH is 1. The maximum absolute atomic E-state index is 12.4. The van der Waals surface area contributed by atoms with Crippen LogP contribution in [0, 0.1) is 0 Å². The zero-order valence-electron chi connectivity index (χ0n) is 26.9. The monoisotopic (exact) mass is 645 g/mol. The predicted octanol–water partition coefficient (Wildman–Crippen LogP) is 5.19. The van der Waals surface area contributed by atoms with E-state index in [0.717, 1.165) is 91.9 Å². The van der Waals surface area contributed by atoms with E-state index in [0.29, 0.717) is 25.8 Å². The van der Waals surface area contributed by atoms with Crippen LogP contribution in [0.2, 0.25) is 0 Å². The van der Waals surface area contributed by atoms with Gasteiger partial charge in [-0.1, -0.05) is 73.5 Å². The van der Waals surface area contributed by atoms with Gasteiger partial charge >= 0.3 is 0 Å². The Bertz CT molecular complexity index is 1430. The number of hydrogen-bond acceptors (Lipinski definition) is 8. The summed E-state index contributed by atoms with van der Waals surface area (Å²) < 4.78 is 18.8. The van der Waals surface area contributed by atoms with E-state index in [4.69, 9.17) is 19.4 Å². The summed E-state index contributed by atoms with van der Waals surface area (Å²) in [6.07, 6.45) is 3.92. The number of nitrogens with zero attached hydrogens (tertiary/aromatic N) is 1. The Labute approximate surface area is 277 Å². The molecule has 2 heterocycles. The van der Waals surface area contributed by atoms with Crippen LogP contribution in [-0.4, -0.2) is 66.0 Å². The van der Waals surface area contributed by atoms with Crippen LogP contribution >= 0.6 is 0 Å². The van der Waals surface area contributed by atoms with Gasteiger partial charge in [-0.3, -0.25) is 19.7 Å². The van der Waals surface area contributed by atoms with Crippen molar-refractivity contribution in [3.8, 4) is 11.1 Å². The van der Waals surface area contributed by atoms with Crippen molar-refractivity contribution in [3.63, 3.8) is 0 Å². The molecule has 0 aromatic heterocycles. The van der Waals surface area contributed by atoms with Crippen LogP contribution in [-0.2, 0) is 37.0 Å². The lowest BCUT2D eigenvalue weighted by Gasteiger charge is -2.39. The Balaban J connectivity index is 1.21. The van der Waals surface area contributed by atoms with E-state index in [1.54, 1.807) is 5.48 Å². The summed E-state index contributed by atoms with van der Waals surface area (Å²) in [5.41, 5.74) is 7.62. The van der Waals surface area contributed by atoms with Crippen molar-refractivity contribution >= 4 is 11.8 Å². The molecule has 3 atom stereocenters. The number of nitrogens with one attached hydrogen (secondary N) is 2. The lowest BCUT2D eigenvalue weighted by atomic mass is 9.98. The minimum atomic E-state index is -0.536. The maximum Gasteiger partial charge on any atom is 0.243 e. The van der Waals surface area contributed by atoms with Gasteiger partial charge in [0.1, 0.15) is 0 Å². The number of hydrogen-bond donors (Lipinski definition) is 4. The Hall–Kier alpha value is -3.64. The number of benzene rings is 3. The summed E-state index contributed by atoms with van der Waals surface area (Å²) >= 11 is 0. The van der Waals surface area contributed by atoms with E-state index in [9.17, 15) is 14.7 Å². The number of hydroxylamine groups is 1. The van der Waals surface area contributed by atoms with E-state index in [-0.39, 0.29) is 30.6 Å². The molecule has 2 fully saturated rings. The highest BCUT2D eigenvalue weighted by molar-refractivity contribution is 5.76. The molecule has 0 aliphatic carbocycles. The van der Waals surface area contributed by atoms with Gasteiger partial charge in [0.2, 0.25) is 11.8 Å². The first-order valence-electron chi connectivity index (χ1n) is 16.7. The minimum absolute atomic E-state index is 0.00397. The quantitative estimate of drug-likeness (QED) is 0.101. The fourth-order valence-corrected chi connectivity index (χ4v) is 6.10. The molecule has 0 unspecified atom stereocenters. The molecule has 10 heteroatoms. The zero-order chi connectivity index (χ0) is 32.8. The van der Waals surface area contributed by atoms with E-state index in [1.807, 2.05) is 48.5 Å². The van der Waals surface area contributed by atoms with Crippen molar-refractivity contribution in [3.05, 3.63) is 95.1 Å². The van der Waals surface area contributed by atoms with Crippen molar-refractivity contribution in [1.29, 1.82) is 0 Å². The van der Waals surface area contributed by atoms with E-state index in [1.165, 1.54) is 0 Å². The van der Waals surface area contributed by atoms with Crippen molar-refractivity contribution in [2.24, 2.45) is 0 Å². The summed E-state index contributed by atoms with van der Waals surface area (Å²) in [5.74, 6) is -0.375. The SMILES string of the molecule is O=C(CCCCCCC(=O)NCc1cccc(-c2cccc([C@H]3O[C@@H](CN4CCOCC4)C[C@@H](c4ccc(CO)cc4)O3)c2)c1)NO. The molecule has 0 radical (unpaired) electrons. The van der Waals surface area contributed by atoms with E-state index in [2.05, 4.69) is 34.5 Å². The van der Waals surface area contributed by atoms with Crippen LogP contribution in [0.4, 0.5) is 0 Å². The molecule has 0 saturated carbocycles. The van der Waals surface area contributed by atoms with Gasteiger partial charge in [0.15, 0.2) is 6.29 Å². The van der Waals surface area contributed by atoms with Gasteiger partial charge in [0, 0.05) is 51.0 Å². The minimum Gasteiger partial charge on any atom is -0.392 e. The third-order valence-corrected chi connectivity index (χ3v) is 8.77. The molecule has 252 valence electrons. The van der Waals surface area contributed by atoms with E-state index >= 15 is 0 Å². The first kappa shape index (κ1) is 34.7. The van der Waals surface area contributed by atoms with Crippen LogP contribution in [0.15, 0.2) is 72.8 Å². The largest absolute Gasteiger partial charge is 0.392 e. The number of morpholine rings is 1. The molecule has 2 aliphatic rings. The molecule has 3 aromatic rings. The third kappa shape index (κ3) is 10.7. The van der Waals surface area contributed by atoms with Crippen molar-refractivity contribution in [2.45, 2.75) is 76.6 Å². The first-order valence-corrected chi connectivity index (χ1v) is 16.7. The molecule has 0 bridgehead atoms. The van der Waals surface area contributed by atoms with E-state index < -0.39 is 6.29 Å². The van der Waals surface area contributed by atoms with Crippen molar-refractivity contribution < 1.29 is 34.1 Å². The number of carbonyl (C=O) groups excluding carboxylic acids is 2. The molecule has 47 heavy (non-hydrogen) atoms. The van der Waals surface area contributed by atoms with Gasteiger partial charge in [-0.05, 0) is 52.8 Å². The van der Waals surface area contributed by atoms with Gasteiger partial charge in [-0.25, -0.2) is 5.48 Å². The van der Waals surface area contributed by atoms with Gasteiger partial charge in [-0.2, -0.15) is 0 Å². The number of unbranched alkanes of at least 4 members (excludes halogenated alkanes) is 3. The summed E-state index contributed by atoms with van der Waals surface area (Å²) in [7, 11) is 0. The fraction of sp³-hybridized carbons (Fsp3) is 0.459. The van der Waals surface area contributed by atoms with Crippen LogP contribution < -0.4 is 10.8 Å². The lowest BCUT2D eigenvalue weighted by Crippen LogP contribution is -2.44. The van der Waals surface area contributed by atoms with Crippen LogP contribution in [0.3, 0.4) is 0 Å². The van der Waals surface area contributed by atoms with Crippen LogP contribution in [0.25, 0.3) is 11.1 Å². The molecule has 4 N–H and O–H groups in total. The molecule has 3 aromatic carbocycles. The normalized spacial score (nSPS) is 20.1. The fourth-order valence-electron chi connectivity index (χ4n) is 6.10. The van der Waals surface area contributed by atoms with Gasteiger partial charge in [-0.15, -0.1) is 0 Å². The highest BCUT2D eigenvalue weighted by Crippen LogP contribution is 2.39. The highest BCUT2D eigenvalue weighted by Gasteiger charge is 2.33.